The molecule has 0 radical (unpaired) electrons. The number of nitrogens with one attached hydrogen (secondary N) is 1. The van der Waals surface area contributed by atoms with E-state index in [-0.39, 0.29) is 5.91 Å². The van der Waals surface area contributed by atoms with Gasteiger partial charge in [0.1, 0.15) is 0 Å². The molecule has 18 heavy (non-hydrogen) atoms. The quantitative estimate of drug-likeness (QED) is 0.858. The maximum atomic E-state index is 12.0. The van der Waals surface area contributed by atoms with Crippen molar-refractivity contribution in [2.24, 2.45) is 11.1 Å². The molecule has 94 valence electrons. The number of carbonyl (C=O) groups is 1. The third-order valence-corrected chi connectivity index (χ3v) is 2.85. The van der Waals surface area contributed by atoms with E-state index in [1.165, 1.54) is 0 Å². The predicted octanol–water partition coefficient (Wildman–Crippen LogP) is 1.55. The molecule has 2 rings (SSSR count). The Balaban J connectivity index is 2.25. The molecule has 1 amide bonds. The lowest BCUT2D eigenvalue weighted by atomic mass is 9.92. The van der Waals surface area contributed by atoms with Crippen LogP contribution in [0.15, 0.2) is 30.6 Å². The highest BCUT2D eigenvalue weighted by atomic mass is 16.2. The maximum absolute atomic E-state index is 12.0. The van der Waals surface area contributed by atoms with Crippen molar-refractivity contribution < 1.29 is 4.79 Å². The second-order valence-corrected chi connectivity index (χ2v) is 4.80. The van der Waals surface area contributed by atoms with E-state index in [9.17, 15) is 4.79 Å². The largest absolute Gasteiger partial charge is 0.329 e. The first-order valence-corrected chi connectivity index (χ1v) is 5.75. The van der Waals surface area contributed by atoms with Crippen LogP contribution in [0.1, 0.15) is 13.8 Å². The number of nitrogens with zero attached hydrogens (tertiary/aromatic N) is 2. The number of rotatable bonds is 3. The Morgan fingerprint density at radius 3 is 2.61 bits per heavy atom. The smallest absolute Gasteiger partial charge is 0.231 e. The highest BCUT2D eigenvalue weighted by Gasteiger charge is 2.25. The predicted molar refractivity (Wildman–Crippen MR) is 71.0 cm³/mol. The summed E-state index contributed by atoms with van der Waals surface area (Å²) in [6, 6.07) is 5.43. The summed E-state index contributed by atoms with van der Waals surface area (Å²) in [6.45, 7) is 3.92. The van der Waals surface area contributed by atoms with E-state index in [0.717, 1.165) is 11.0 Å². The topological polar surface area (TPSA) is 80.9 Å². The van der Waals surface area contributed by atoms with Crippen LogP contribution in [-0.4, -0.2) is 22.4 Å². The Kier molecular flexibility index (Phi) is 3.25. The molecule has 0 saturated carbocycles. The number of aromatic nitrogens is 2. The third-order valence-electron chi connectivity index (χ3n) is 2.85. The van der Waals surface area contributed by atoms with E-state index in [1.807, 2.05) is 26.0 Å². The molecule has 1 aromatic heterocycles. The van der Waals surface area contributed by atoms with Crippen LogP contribution in [0.5, 0.6) is 0 Å². The van der Waals surface area contributed by atoms with Gasteiger partial charge in [-0.2, -0.15) is 0 Å². The summed E-state index contributed by atoms with van der Waals surface area (Å²) in [5.74, 6) is -0.103. The second-order valence-electron chi connectivity index (χ2n) is 4.80. The van der Waals surface area contributed by atoms with Crippen LogP contribution < -0.4 is 11.1 Å². The Bertz CT molecular complexity index is 580. The first-order chi connectivity index (χ1) is 8.53. The van der Waals surface area contributed by atoms with Gasteiger partial charge >= 0.3 is 0 Å². The molecule has 0 aliphatic heterocycles. The van der Waals surface area contributed by atoms with Crippen molar-refractivity contribution in [3.63, 3.8) is 0 Å². The second kappa shape index (κ2) is 4.70. The van der Waals surface area contributed by atoms with E-state index >= 15 is 0 Å². The molecule has 0 aliphatic rings. The lowest BCUT2D eigenvalue weighted by Gasteiger charge is -2.21. The van der Waals surface area contributed by atoms with Crippen LogP contribution in [0, 0.1) is 5.41 Å². The molecule has 0 fully saturated rings. The molecule has 0 atom stereocenters. The number of anilines is 1. The molecule has 1 aromatic carbocycles. The number of benzene rings is 1. The van der Waals surface area contributed by atoms with Gasteiger partial charge in [-0.1, -0.05) is 0 Å². The molecule has 5 nitrogen and oxygen atoms in total. The Morgan fingerprint density at radius 1 is 1.28 bits per heavy atom. The third kappa shape index (κ3) is 2.46. The van der Waals surface area contributed by atoms with Crippen LogP contribution in [0.4, 0.5) is 5.69 Å². The van der Waals surface area contributed by atoms with Crippen molar-refractivity contribution in [1.29, 1.82) is 0 Å². The molecule has 0 bridgehead atoms. The van der Waals surface area contributed by atoms with Crippen molar-refractivity contribution in [1.82, 2.24) is 9.97 Å². The number of nitrogens with two attached hydrogens (primary N) is 1. The van der Waals surface area contributed by atoms with Gasteiger partial charge in [-0.25, -0.2) is 0 Å². The fourth-order valence-electron chi connectivity index (χ4n) is 1.43. The monoisotopic (exact) mass is 244 g/mol. The minimum Gasteiger partial charge on any atom is -0.329 e. The van der Waals surface area contributed by atoms with Gasteiger partial charge in [-0.05, 0) is 32.0 Å². The van der Waals surface area contributed by atoms with Gasteiger partial charge in [-0.15, -0.1) is 0 Å². The number of fused-ring (bicyclic) bond motifs is 1. The molecule has 1 heterocycles. The van der Waals surface area contributed by atoms with Crippen molar-refractivity contribution >= 4 is 22.6 Å². The van der Waals surface area contributed by atoms with Gasteiger partial charge < -0.3 is 11.1 Å². The lowest BCUT2D eigenvalue weighted by Crippen LogP contribution is -2.37. The number of hydrogen-bond donors (Lipinski definition) is 2. The van der Waals surface area contributed by atoms with Crippen molar-refractivity contribution in [3.8, 4) is 0 Å². The molecule has 0 spiro atoms. The van der Waals surface area contributed by atoms with Crippen LogP contribution in [0.25, 0.3) is 11.0 Å². The van der Waals surface area contributed by atoms with Crippen LogP contribution in [0.2, 0.25) is 0 Å². The molecule has 5 heteroatoms. The molecule has 0 unspecified atom stereocenters. The van der Waals surface area contributed by atoms with Gasteiger partial charge in [0.15, 0.2) is 0 Å². The summed E-state index contributed by atoms with van der Waals surface area (Å²) < 4.78 is 0. The molecular formula is C13H16N4O. The van der Waals surface area contributed by atoms with Crippen molar-refractivity contribution in [3.05, 3.63) is 30.6 Å². The SMILES string of the molecule is CC(C)(CN)C(=O)Nc1ccc2nccnc2c1. The van der Waals surface area contributed by atoms with E-state index in [0.29, 0.717) is 12.2 Å². The molecule has 0 aliphatic carbocycles. The van der Waals surface area contributed by atoms with Crippen LogP contribution >= 0.6 is 0 Å². The highest BCUT2D eigenvalue weighted by Crippen LogP contribution is 2.19. The van der Waals surface area contributed by atoms with Gasteiger partial charge in [-0.3, -0.25) is 14.8 Å². The van der Waals surface area contributed by atoms with Crippen LogP contribution in [0.3, 0.4) is 0 Å². The fourth-order valence-corrected chi connectivity index (χ4v) is 1.43. The maximum Gasteiger partial charge on any atom is 0.231 e. The molecule has 2 aromatic rings. The van der Waals surface area contributed by atoms with Crippen molar-refractivity contribution in [2.75, 3.05) is 11.9 Å². The summed E-state index contributed by atoms with van der Waals surface area (Å²) in [7, 11) is 0. The Labute approximate surface area is 105 Å². The zero-order chi connectivity index (χ0) is 13.2. The van der Waals surface area contributed by atoms with E-state index in [1.54, 1.807) is 18.5 Å². The molecule has 3 N–H and O–H groups in total. The van der Waals surface area contributed by atoms with E-state index in [4.69, 9.17) is 5.73 Å². The minimum absolute atomic E-state index is 0.103. The molecule has 0 saturated heterocycles. The Hall–Kier alpha value is -2.01. The minimum atomic E-state index is -0.586. The fraction of sp³-hybridized carbons (Fsp3) is 0.308. The summed E-state index contributed by atoms with van der Waals surface area (Å²) in [5, 5.41) is 2.84. The zero-order valence-corrected chi connectivity index (χ0v) is 10.5. The van der Waals surface area contributed by atoms with E-state index in [2.05, 4.69) is 15.3 Å². The highest BCUT2D eigenvalue weighted by molar-refractivity contribution is 5.96. The van der Waals surface area contributed by atoms with Crippen LogP contribution in [-0.2, 0) is 4.79 Å². The van der Waals surface area contributed by atoms with E-state index < -0.39 is 5.41 Å². The number of hydrogen-bond acceptors (Lipinski definition) is 4. The van der Waals surface area contributed by atoms with Crippen molar-refractivity contribution in [2.45, 2.75) is 13.8 Å². The normalized spacial score (nSPS) is 11.5. The number of carbonyl (C=O) groups excluding carboxylic acids is 1. The average Bonchev–Trinajstić information content (AvgIpc) is 2.38. The first-order valence-electron chi connectivity index (χ1n) is 5.75. The lowest BCUT2D eigenvalue weighted by molar-refractivity contribution is -0.123. The van der Waals surface area contributed by atoms with Gasteiger partial charge in [0.05, 0.1) is 16.4 Å². The standard InChI is InChI=1S/C13H16N4O/c1-13(2,8-14)12(18)17-9-3-4-10-11(7-9)16-6-5-15-10/h3-7H,8,14H2,1-2H3,(H,17,18). The zero-order valence-electron chi connectivity index (χ0n) is 10.5. The van der Waals surface area contributed by atoms with Gasteiger partial charge in [0.2, 0.25) is 5.91 Å². The Morgan fingerprint density at radius 2 is 1.94 bits per heavy atom. The summed E-state index contributed by atoms with van der Waals surface area (Å²) in [4.78, 5) is 20.3. The summed E-state index contributed by atoms with van der Waals surface area (Å²) >= 11 is 0. The van der Waals surface area contributed by atoms with Gasteiger partial charge in [0, 0.05) is 24.6 Å². The number of amides is 1. The van der Waals surface area contributed by atoms with Gasteiger partial charge in [0.25, 0.3) is 0 Å². The summed E-state index contributed by atoms with van der Waals surface area (Å²) in [6.07, 6.45) is 3.26. The summed E-state index contributed by atoms with van der Waals surface area (Å²) in [5.41, 5.74) is 7.24. The first kappa shape index (κ1) is 12.4. The molecular weight excluding hydrogens is 228 g/mol. The average molecular weight is 244 g/mol.